The minimum atomic E-state index is -0.485. The smallest absolute Gasteiger partial charge is 0.257 e. The van der Waals surface area contributed by atoms with Crippen molar-refractivity contribution < 1.29 is 9.18 Å². The molecule has 9 heteroatoms. The summed E-state index contributed by atoms with van der Waals surface area (Å²) < 4.78 is 18.0. The SMILES string of the molecule is CCn1cc2c(N3CCC(CC)(NC)CC3)ccc(C(=O)Nc3cc(F)c4nc(C)cn4c3)c2n1. The maximum Gasteiger partial charge on any atom is 0.257 e. The zero-order valence-electron chi connectivity index (χ0n) is 20.7. The molecule has 0 unspecified atom stereocenters. The van der Waals surface area contributed by atoms with Gasteiger partial charge in [-0.25, -0.2) is 9.37 Å². The number of imidazole rings is 1. The van der Waals surface area contributed by atoms with Gasteiger partial charge in [-0.1, -0.05) is 6.92 Å². The lowest BCUT2D eigenvalue weighted by molar-refractivity contribution is 0.102. The summed E-state index contributed by atoms with van der Waals surface area (Å²) in [7, 11) is 2.05. The van der Waals surface area contributed by atoms with Crippen LogP contribution in [0.3, 0.4) is 0 Å². The zero-order chi connectivity index (χ0) is 24.7. The summed E-state index contributed by atoms with van der Waals surface area (Å²) >= 11 is 0. The van der Waals surface area contributed by atoms with Gasteiger partial charge in [-0.3, -0.25) is 9.48 Å². The van der Waals surface area contributed by atoms with Crippen LogP contribution < -0.4 is 15.5 Å². The van der Waals surface area contributed by atoms with Gasteiger partial charge in [-0.2, -0.15) is 5.10 Å². The molecule has 1 aromatic carbocycles. The minimum Gasteiger partial charge on any atom is -0.371 e. The van der Waals surface area contributed by atoms with Crippen LogP contribution in [-0.4, -0.2) is 50.7 Å². The Labute approximate surface area is 204 Å². The standard InChI is InChI=1S/C26H32FN7O/c1-5-26(28-4)9-11-32(12-10-26)22-8-7-19(23-20(22)16-34(6-2)31-23)25(35)30-18-13-21(27)24-29-17(3)14-33(24)15-18/h7-8,13-16,28H,5-6,9-12H2,1-4H3,(H,30,35). The lowest BCUT2D eigenvalue weighted by atomic mass is 9.85. The Hall–Kier alpha value is -3.46. The second kappa shape index (κ2) is 8.96. The van der Waals surface area contributed by atoms with Crippen LogP contribution in [0, 0.1) is 12.7 Å². The number of hydrogen-bond donors (Lipinski definition) is 2. The van der Waals surface area contributed by atoms with E-state index in [0.717, 1.165) is 43.4 Å². The van der Waals surface area contributed by atoms with Crippen LogP contribution in [0.15, 0.2) is 36.8 Å². The third-order valence-electron chi connectivity index (χ3n) is 7.42. The highest BCUT2D eigenvalue weighted by atomic mass is 19.1. The van der Waals surface area contributed by atoms with E-state index in [4.69, 9.17) is 5.10 Å². The topological polar surface area (TPSA) is 79.5 Å². The third-order valence-corrected chi connectivity index (χ3v) is 7.42. The fourth-order valence-electron chi connectivity index (χ4n) is 5.16. The van der Waals surface area contributed by atoms with Crippen LogP contribution in [0.25, 0.3) is 16.6 Å². The molecular weight excluding hydrogens is 445 g/mol. The number of hydrogen-bond acceptors (Lipinski definition) is 5. The molecule has 8 nitrogen and oxygen atoms in total. The summed E-state index contributed by atoms with van der Waals surface area (Å²) in [5.41, 5.74) is 3.71. The van der Waals surface area contributed by atoms with Crippen LogP contribution in [-0.2, 0) is 6.54 Å². The average molecular weight is 478 g/mol. The van der Waals surface area contributed by atoms with E-state index in [-0.39, 0.29) is 17.1 Å². The Morgan fingerprint density at radius 2 is 1.94 bits per heavy atom. The lowest BCUT2D eigenvalue weighted by Crippen LogP contribution is -2.51. The molecule has 0 atom stereocenters. The number of amides is 1. The molecule has 2 N–H and O–H groups in total. The number of aromatic nitrogens is 4. The van der Waals surface area contributed by atoms with Crippen LogP contribution >= 0.6 is 0 Å². The number of fused-ring (bicyclic) bond motifs is 2. The van der Waals surface area contributed by atoms with Gasteiger partial charge < -0.3 is 19.9 Å². The van der Waals surface area contributed by atoms with Crippen molar-refractivity contribution in [2.75, 3.05) is 30.4 Å². The fraction of sp³-hybridized carbons (Fsp3) is 0.423. The maximum absolute atomic E-state index is 14.5. The van der Waals surface area contributed by atoms with Gasteiger partial charge in [-0.05, 0) is 52.3 Å². The minimum absolute atomic E-state index is 0.188. The Balaban J connectivity index is 1.46. The van der Waals surface area contributed by atoms with Crippen molar-refractivity contribution in [2.24, 2.45) is 0 Å². The number of aryl methyl sites for hydroxylation is 2. The van der Waals surface area contributed by atoms with Gasteiger partial charge in [0.25, 0.3) is 5.91 Å². The first-order chi connectivity index (χ1) is 16.9. The second-order valence-corrected chi connectivity index (χ2v) is 9.39. The molecule has 1 aliphatic rings. The zero-order valence-corrected chi connectivity index (χ0v) is 20.7. The Morgan fingerprint density at radius 1 is 1.17 bits per heavy atom. The van der Waals surface area contributed by atoms with E-state index in [9.17, 15) is 9.18 Å². The fourth-order valence-corrected chi connectivity index (χ4v) is 5.16. The van der Waals surface area contributed by atoms with Gasteiger partial charge in [0.15, 0.2) is 11.5 Å². The predicted molar refractivity (Wildman–Crippen MR) is 137 cm³/mol. The van der Waals surface area contributed by atoms with E-state index in [1.807, 2.05) is 37.0 Å². The number of piperidine rings is 1. The molecule has 1 aliphatic heterocycles. The molecule has 4 aromatic rings. The summed E-state index contributed by atoms with van der Waals surface area (Å²) in [6, 6.07) is 5.14. The summed E-state index contributed by atoms with van der Waals surface area (Å²) in [4.78, 5) is 19.9. The predicted octanol–water partition coefficient (Wildman–Crippen LogP) is 4.37. The van der Waals surface area contributed by atoms with Crippen molar-refractivity contribution in [1.82, 2.24) is 24.5 Å². The van der Waals surface area contributed by atoms with E-state index in [2.05, 4.69) is 27.4 Å². The number of nitrogens with one attached hydrogen (secondary N) is 2. The molecule has 5 rings (SSSR count). The molecule has 4 heterocycles. The van der Waals surface area contributed by atoms with Crippen molar-refractivity contribution in [3.63, 3.8) is 0 Å². The molecule has 1 saturated heterocycles. The van der Waals surface area contributed by atoms with E-state index in [1.54, 1.807) is 23.7 Å². The number of pyridine rings is 1. The highest BCUT2D eigenvalue weighted by Crippen LogP contribution is 2.34. The van der Waals surface area contributed by atoms with E-state index < -0.39 is 5.82 Å². The van der Waals surface area contributed by atoms with Gasteiger partial charge >= 0.3 is 0 Å². The van der Waals surface area contributed by atoms with Crippen molar-refractivity contribution >= 4 is 33.8 Å². The van der Waals surface area contributed by atoms with Crippen molar-refractivity contribution in [2.45, 2.75) is 52.1 Å². The first kappa shape index (κ1) is 23.3. The molecule has 0 aliphatic carbocycles. The van der Waals surface area contributed by atoms with Crippen molar-refractivity contribution in [3.05, 3.63) is 53.9 Å². The number of carbonyl (C=O) groups excluding carboxylic acids is 1. The maximum atomic E-state index is 14.5. The number of benzene rings is 1. The molecular formula is C26H32FN7O. The van der Waals surface area contributed by atoms with Crippen LogP contribution in [0.2, 0.25) is 0 Å². The Bertz CT molecular complexity index is 1390. The number of nitrogens with zero attached hydrogens (tertiary/aromatic N) is 5. The number of anilines is 2. The van der Waals surface area contributed by atoms with Crippen LogP contribution in [0.4, 0.5) is 15.8 Å². The van der Waals surface area contributed by atoms with E-state index in [1.165, 1.54) is 6.07 Å². The monoisotopic (exact) mass is 477 g/mol. The molecule has 0 saturated carbocycles. The van der Waals surface area contributed by atoms with Crippen molar-refractivity contribution in [1.29, 1.82) is 0 Å². The third kappa shape index (κ3) is 4.14. The molecule has 1 amide bonds. The molecule has 3 aromatic heterocycles. The number of rotatable bonds is 6. The van der Waals surface area contributed by atoms with Gasteiger partial charge in [-0.15, -0.1) is 0 Å². The second-order valence-electron chi connectivity index (χ2n) is 9.39. The summed E-state index contributed by atoms with van der Waals surface area (Å²) in [5.74, 6) is -0.807. The van der Waals surface area contributed by atoms with E-state index in [0.29, 0.717) is 29.0 Å². The normalized spacial score (nSPS) is 15.7. The number of carbonyl (C=O) groups is 1. The molecule has 0 radical (unpaired) electrons. The molecule has 0 spiro atoms. The van der Waals surface area contributed by atoms with Crippen molar-refractivity contribution in [3.8, 4) is 0 Å². The highest BCUT2D eigenvalue weighted by molar-refractivity contribution is 6.13. The first-order valence-electron chi connectivity index (χ1n) is 12.3. The summed E-state index contributed by atoms with van der Waals surface area (Å²) in [6.07, 6.45) is 8.64. The van der Waals surface area contributed by atoms with Crippen LogP contribution in [0.5, 0.6) is 0 Å². The molecule has 35 heavy (non-hydrogen) atoms. The summed E-state index contributed by atoms with van der Waals surface area (Å²) in [6.45, 7) is 8.65. The molecule has 1 fully saturated rings. The summed E-state index contributed by atoms with van der Waals surface area (Å²) in [5, 5.41) is 12.0. The van der Waals surface area contributed by atoms with Gasteiger partial charge in [0.05, 0.1) is 16.9 Å². The lowest BCUT2D eigenvalue weighted by Gasteiger charge is -2.42. The van der Waals surface area contributed by atoms with Crippen LogP contribution in [0.1, 0.15) is 49.2 Å². The van der Waals surface area contributed by atoms with Gasteiger partial charge in [0, 0.05) is 60.9 Å². The molecule has 0 bridgehead atoms. The first-order valence-corrected chi connectivity index (χ1v) is 12.3. The van der Waals surface area contributed by atoms with Gasteiger partial charge in [0.1, 0.15) is 5.52 Å². The number of halogens is 1. The average Bonchev–Trinajstić information content (AvgIpc) is 3.47. The largest absolute Gasteiger partial charge is 0.371 e. The Morgan fingerprint density at radius 3 is 2.63 bits per heavy atom. The highest BCUT2D eigenvalue weighted by Gasteiger charge is 2.32. The molecule has 184 valence electrons. The quantitative estimate of drug-likeness (QED) is 0.431. The van der Waals surface area contributed by atoms with Gasteiger partial charge in [0.2, 0.25) is 0 Å². The Kier molecular flexibility index (Phi) is 5.96. The van der Waals surface area contributed by atoms with E-state index >= 15 is 0 Å².